The van der Waals surface area contributed by atoms with E-state index in [0.29, 0.717) is 30.6 Å². The summed E-state index contributed by atoms with van der Waals surface area (Å²) in [4.78, 5) is 15.0. The Labute approximate surface area is 152 Å². The minimum Gasteiger partial charge on any atom is -0.497 e. The lowest BCUT2D eigenvalue weighted by molar-refractivity contribution is -0.235. The van der Waals surface area contributed by atoms with E-state index >= 15 is 0 Å². The van der Waals surface area contributed by atoms with Gasteiger partial charge in [0, 0.05) is 30.7 Å². The van der Waals surface area contributed by atoms with Gasteiger partial charge >= 0.3 is 0 Å². The first kappa shape index (κ1) is 16.9. The highest BCUT2D eigenvalue weighted by Gasteiger charge is 2.78. The Bertz CT molecular complexity index is 761. The van der Waals surface area contributed by atoms with Crippen LogP contribution in [0.15, 0.2) is 23.0 Å². The van der Waals surface area contributed by atoms with Gasteiger partial charge in [0.05, 0.1) is 18.1 Å². The van der Waals surface area contributed by atoms with Crippen LogP contribution in [0.25, 0.3) is 0 Å². The van der Waals surface area contributed by atoms with Gasteiger partial charge in [-0.05, 0) is 38.9 Å². The van der Waals surface area contributed by atoms with Crippen molar-refractivity contribution in [2.45, 2.75) is 55.3 Å². The molecule has 1 spiro atoms. The van der Waals surface area contributed by atoms with Gasteiger partial charge in [-0.3, -0.25) is 4.79 Å². The second-order valence-corrected chi connectivity index (χ2v) is 8.25. The molecule has 26 heavy (non-hydrogen) atoms. The number of ether oxygens (including phenoxy) is 3. The third-order valence-electron chi connectivity index (χ3n) is 7.47. The Morgan fingerprint density at radius 1 is 1.31 bits per heavy atom. The first-order chi connectivity index (χ1) is 12.3. The highest BCUT2D eigenvalue weighted by molar-refractivity contribution is 5.88. The lowest BCUT2D eigenvalue weighted by Gasteiger charge is -2.63. The minimum absolute atomic E-state index is 0.0524. The molecule has 0 amide bonds. The third kappa shape index (κ3) is 1.57. The van der Waals surface area contributed by atoms with Crippen molar-refractivity contribution in [2.24, 2.45) is 5.41 Å². The lowest BCUT2D eigenvalue weighted by atomic mass is 9.47. The number of likely N-dealkylation sites (N-methyl/N-ethyl adjacent to an activating group) is 1. The molecule has 5 rings (SSSR count). The monoisotopic (exact) mass is 363 g/mol. The molecule has 7 nitrogen and oxygen atoms in total. The number of hydrogen-bond donors (Lipinski definition) is 2. The molecule has 2 heterocycles. The third-order valence-corrected chi connectivity index (χ3v) is 7.47. The fourth-order valence-electron chi connectivity index (χ4n) is 6.36. The molecule has 2 N–H and O–H groups in total. The highest BCUT2D eigenvalue weighted by Crippen LogP contribution is 2.69. The van der Waals surface area contributed by atoms with Crippen molar-refractivity contribution in [3.05, 3.63) is 23.0 Å². The van der Waals surface area contributed by atoms with Crippen LogP contribution in [-0.2, 0) is 19.0 Å². The molecule has 0 aromatic carbocycles. The average molecular weight is 363 g/mol. The van der Waals surface area contributed by atoms with E-state index in [1.54, 1.807) is 13.2 Å². The molecule has 0 aromatic rings. The van der Waals surface area contributed by atoms with Gasteiger partial charge < -0.3 is 29.3 Å². The molecule has 2 saturated heterocycles. The maximum Gasteiger partial charge on any atom is 0.221 e. The number of aliphatic hydroxyl groups is 2. The standard InChI is InChI=1S/C19H25NO6/c1-20-7-6-17-15-10-8-13(20)18(17,22)5-4-11(21)16(17)26-19(15,23)14(25-3)9-12(10)24-2/h9,13-14,16,22-23H,4-8H2,1-3H3/t13-,14?,16+,17+,18-,19?/m1/s1. The Morgan fingerprint density at radius 2 is 2.08 bits per heavy atom. The summed E-state index contributed by atoms with van der Waals surface area (Å²) >= 11 is 0. The number of rotatable bonds is 2. The summed E-state index contributed by atoms with van der Waals surface area (Å²) in [7, 11) is 5.09. The molecule has 2 unspecified atom stereocenters. The molecule has 142 valence electrons. The summed E-state index contributed by atoms with van der Waals surface area (Å²) in [6.07, 6.45) is 1.83. The smallest absolute Gasteiger partial charge is 0.221 e. The van der Waals surface area contributed by atoms with Crippen LogP contribution in [0.1, 0.15) is 25.7 Å². The Kier molecular flexibility index (Phi) is 3.23. The molecule has 0 aromatic heterocycles. The van der Waals surface area contributed by atoms with Crippen molar-refractivity contribution >= 4 is 5.78 Å². The van der Waals surface area contributed by atoms with Crippen LogP contribution < -0.4 is 0 Å². The summed E-state index contributed by atoms with van der Waals surface area (Å²) in [5.41, 5.74) is -0.574. The normalized spacial score (nSPS) is 49.8. The van der Waals surface area contributed by atoms with Crippen LogP contribution in [0.3, 0.4) is 0 Å². The van der Waals surface area contributed by atoms with Crippen molar-refractivity contribution in [2.75, 3.05) is 27.8 Å². The maximum atomic E-state index is 12.8. The first-order valence-electron chi connectivity index (χ1n) is 9.22. The van der Waals surface area contributed by atoms with Gasteiger partial charge in [0.2, 0.25) is 5.79 Å². The van der Waals surface area contributed by atoms with Crippen molar-refractivity contribution < 1.29 is 29.2 Å². The van der Waals surface area contributed by atoms with Crippen LogP contribution in [0.2, 0.25) is 0 Å². The molecule has 7 heteroatoms. The summed E-state index contributed by atoms with van der Waals surface area (Å²) in [5.74, 6) is -1.16. The lowest BCUT2D eigenvalue weighted by Crippen LogP contribution is -2.73. The van der Waals surface area contributed by atoms with E-state index in [9.17, 15) is 15.0 Å². The Balaban J connectivity index is 1.84. The number of allylic oxidation sites excluding steroid dienone is 1. The van der Waals surface area contributed by atoms with Crippen molar-refractivity contribution in [1.29, 1.82) is 0 Å². The molecule has 5 aliphatic rings. The molecular formula is C19H25NO6. The van der Waals surface area contributed by atoms with Gasteiger partial charge in [-0.2, -0.15) is 0 Å². The van der Waals surface area contributed by atoms with Gasteiger partial charge in [-0.15, -0.1) is 0 Å². The predicted molar refractivity (Wildman–Crippen MR) is 90.0 cm³/mol. The predicted octanol–water partition coefficient (Wildman–Crippen LogP) is 0.118. The zero-order valence-corrected chi connectivity index (χ0v) is 15.3. The van der Waals surface area contributed by atoms with E-state index in [2.05, 4.69) is 4.90 Å². The van der Waals surface area contributed by atoms with E-state index in [-0.39, 0.29) is 18.2 Å². The van der Waals surface area contributed by atoms with Gasteiger partial charge in [-0.25, -0.2) is 0 Å². The van der Waals surface area contributed by atoms with Crippen molar-refractivity contribution in [3.8, 4) is 0 Å². The van der Waals surface area contributed by atoms with Gasteiger partial charge in [0.1, 0.15) is 18.0 Å². The molecule has 0 radical (unpaired) electrons. The van der Waals surface area contributed by atoms with Gasteiger partial charge in [0.25, 0.3) is 0 Å². The van der Waals surface area contributed by atoms with E-state index in [4.69, 9.17) is 14.2 Å². The van der Waals surface area contributed by atoms with Crippen LogP contribution in [0.4, 0.5) is 0 Å². The topological polar surface area (TPSA) is 88.5 Å². The SMILES string of the molecule is COC1=CC(OC)C2(O)O[C@H]3C(=O)CC[C@@]4(O)[C@H]5CC1=C2[C@@]34CCN5C. The van der Waals surface area contributed by atoms with Crippen LogP contribution in [0, 0.1) is 5.41 Å². The Hall–Kier alpha value is -1.25. The number of ketones is 1. The number of methoxy groups -OCH3 is 2. The summed E-state index contributed by atoms with van der Waals surface area (Å²) in [6, 6.07) is -0.144. The molecular weight excluding hydrogens is 338 g/mol. The quantitative estimate of drug-likeness (QED) is 0.720. The summed E-state index contributed by atoms with van der Waals surface area (Å²) in [6.45, 7) is 0.733. The van der Waals surface area contributed by atoms with Crippen LogP contribution >= 0.6 is 0 Å². The minimum atomic E-state index is -1.74. The highest BCUT2D eigenvalue weighted by atomic mass is 16.7. The zero-order chi connectivity index (χ0) is 18.5. The second-order valence-electron chi connectivity index (χ2n) is 8.25. The van der Waals surface area contributed by atoms with E-state index in [0.717, 1.165) is 12.1 Å². The molecule has 2 aliphatic heterocycles. The Morgan fingerprint density at radius 3 is 2.77 bits per heavy atom. The van der Waals surface area contributed by atoms with Crippen LogP contribution in [-0.4, -0.2) is 78.3 Å². The molecule has 1 saturated carbocycles. The summed E-state index contributed by atoms with van der Waals surface area (Å²) < 4.78 is 17.2. The number of carbonyl (C=O) groups excluding carboxylic acids is 1. The van der Waals surface area contributed by atoms with Gasteiger partial charge in [-0.1, -0.05) is 0 Å². The number of nitrogens with zero attached hydrogens (tertiary/aromatic N) is 1. The maximum absolute atomic E-state index is 12.8. The van der Waals surface area contributed by atoms with E-state index in [1.807, 2.05) is 7.05 Å². The number of hydrogen-bond acceptors (Lipinski definition) is 7. The number of likely N-dealkylation sites (tertiary alicyclic amines) is 1. The van der Waals surface area contributed by atoms with E-state index in [1.165, 1.54) is 7.11 Å². The summed E-state index contributed by atoms with van der Waals surface area (Å²) in [5, 5.41) is 23.5. The number of Topliss-reactive ketones (excluding diaryl/α,β-unsaturated/α-hetero) is 1. The number of piperidine rings is 1. The van der Waals surface area contributed by atoms with Gasteiger partial charge in [0.15, 0.2) is 5.78 Å². The first-order valence-corrected chi connectivity index (χ1v) is 9.22. The van der Waals surface area contributed by atoms with Crippen molar-refractivity contribution in [1.82, 2.24) is 4.90 Å². The zero-order valence-electron chi connectivity index (χ0n) is 15.3. The van der Waals surface area contributed by atoms with Crippen molar-refractivity contribution in [3.63, 3.8) is 0 Å². The second kappa shape index (κ2) is 4.97. The average Bonchev–Trinajstić information content (AvgIpc) is 2.90. The van der Waals surface area contributed by atoms with Crippen LogP contribution in [0.5, 0.6) is 0 Å². The molecule has 3 aliphatic carbocycles. The molecule has 2 bridgehead atoms. The number of carbonyl (C=O) groups is 1. The molecule has 3 fully saturated rings. The van der Waals surface area contributed by atoms with E-state index < -0.39 is 29.0 Å². The fraction of sp³-hybridized carbons (Fsp3) is 0.737. The molecule has 6 atom stereocenters. The fourth-order valence-corrected chi connectivity index (χ4v) is 6.36. The largest absolute Gasteiger partial charge is 0.497 e.